The molecular weight excluding hydrogens is 230 g/mol. The molecule has 4 heteroatoms. The van der Waals surface area contributed by atoms with Crippen LogP contribution in [0.2, 0.25) is 0 Å². The highest BCUT2D eigenvalue weighted by Crippen LogP contribution is 2.00. The van der Waals surface area contributed by atoms with Crippen LogP contribution in [-0.4, -0.2) is 74.2 Å². The maximum Gasteiger partial charge on any atom is 0.0110 e. The summed E-state index contributed by atoms with van der Waals surface area (Å²) in [5.74, 6) is 2.56. The first kappa shape index (κ1) is 15.3. The fourth-order valence-electron chi connectivity index (χ4n) is 2.07. The SMILES string of the molecule is CCSCCCNCCCN1CCN(C)CC1. The lowest BCUT2D eigenvalue weighted by atomic mass is 10.3. The summed E-state index contributed by atoms with van der Waals surface area (Å²) in [6.07, 6.45) is 2.61. The van der Waals surface area contributed by atoms with Crippen LogP contribution in [0.1, 0.15) is 19.8 Å². The van der Waals surface area contributed by atoms with Gasteiger partial charge in [0.25, 0.3) is 0 Å². The Morgan fingerprint density at radius 3 is 2.47 bits per heavy atom. The second kappa shape index (κ2) is 10.2. The number of nitrogens with one attached hydrogen (secondary N) is 1. The highest BCUT2D eigenvalue weighted by Gasteiger charge is 2.12. The molecule has 102 valence electrons. The van der Waals surface area contributed by atoms with Gasteiger partial charge in [0.2, 0.25) is 0 Å². The van der Waals surface area contributed by atoms with E-state index in [4.69, 9.17) is 0 Å². The van der Waals surface area contributed by atoms with E-state index in [9.17, 15) is 0 Å². The molecule has 0 spiro atoms. The lowest BCUT2D eigenvalue weighted by Gasteiger charge is -2.32. The Bertz CT molecular complexity index is 170. The van der Waals surface area contributed by atoms with Crippen molar-refractivity contribution in [2.24, 2.45) is 0 Å². The standard InChI is InChI=1S/C13H29N3S/c1-3-17-13-5-7-14-6-4-8-16-11-9-15(2)10-12-16/h14H,3-13H2,1-2H3. The van der Waals surface area contributed by atoms with Gasteiger partial charge < -0.3 is 15.1 Å². The molecule has 0 saturated carbocycles. The van der Waals surface area contributed by atoms with Crippen molar-refractivity contribution >= 4 is 11.8 Å². The summed E-state index contributed by atoms with van der Waals surface area (Å²) in [4.78, 5) is 5.01. The third-order valence-corrected chi connectivity index (χ3v) is 4.26. The number of hydrogen-bond donors (Lipinski definition) is 1. The van der Waals surface area contributed by atoms with Gasteiger partial charge in [-0.1, -0.05) is 6.92 Å². The summed E-state index contributed by atoms with van der Waals surface area (Å²) in [7, 11) is 2.22. The van der Waals surface area contributed by atoms with Crippen LogP contribution < -0.4 is 5.32 Å². The van der Waals surface area contributed by atoms with Gasteiger partial charge in [-0.3, -0.25) is 0 Å². The second-order valence-corrected chi connectivity index (χ2v) is 6.19. The highest BCUT2D eigenvalue weighted by atomic mass is 32.2. The van der Waals surface area contributed by atoms with Crippen molar-refractivity contribution in [3.8, 4) is 0 Å². The minimum Gasteiger partial charge on any atom is -0.317 e. The van der Waals surface area contributed by atoms with E-state index in [1.165, 1.54) is 70.2 Å². The quantitative estimate of drug-likeness (QED) is 0.630. The van der Waals surface area contributed by atoms with E-state index < -0.39 is 0 Å². The van der Waals surface area contributed by atoms with Crippen LogP contribution >= 0.6 is 11.8 Å². The first-order valence-electron chi connectivity index (χ1n) is 7.02. The normalized spacial score (nSPS) is 18.7. The van der Waals surface area contributed by atoms with Gasteiger partial charge in [0.1, 0.15) is 0 Å². The Labute approximate surface area is 111 Å². The van der Waals surface area contributed by atoms with E-state index in [-0.39, 0.29) is 0 Å². The summed E-state index contributed by atoms with van der Waals surface area (Å²) in [6, 6.07) is 0. The molecule has 1 N–H and O–H groups in total. The third kappa shape index (κ3) is 8.03. The Morgan fingerprint density at radius 2 is 1.76 bits per heavy atom. The van der Waals surface area contributed by atoms with Crippen molar-refractivity contribution in [2.75, 3.05) is 64.4 Å². The third-order valence-electron chi connectivity index (χ3n) is 3.27. The van der Waals surface area contributed by atoms with Crippen LogP contribution in [0.3, 0.4) is 0 Å². The monoisotopic (exact) mass is 259 g/mol. The Balaban J connectivity index is 1.81. The van der Waals surface area contributed by atoms with Gasteiger partial charge in [-0.15, -0.1) is 0 Å². The van der Waals surface area contributed by atoms with E-state index in [0.717, 1.165) is 0 Å². The van der Waals surface area contributed by atoms with Crippen LogP contribution in [0.15, 0.2) is 0 Å². The predicted molar refractivity (Wildman–Crippen MR) is 79.0 cm³/mol. The van der Waals surface area contributed by atoms with E-state index in [0.29, 0.717) is 0 Å². The largest absolute Gasteiger partial charge is 0.317 e. The lowest BCUT2D eigenvalue weighted by molar-refractivity contribution is 0.153. The van der Waals surface area contributed by atoms with Crippen molar-refractivity contribution in [1.29, 1.82) is 0 Å². The molecule has 0 aromatic heterocycles. The van der Waals surface area contributed by atoms with Crippen molar-refractivity contribution in [3.63, 3.8) is 0 Å². The predicted octanol–water partition coefficient (Wildman–Crippen LogP) is 1.36. The zero-order valence-electron chi connectivity index (χ0n) is 11.6. The fraction of sp³-hybridized carbons (Fsp3) is 1.00. The highest BCUT2D eigenvalue weighted by molar-refractivity contribution is 7.99. The lowest BCUT2D eigenvalue weighted by Crippen LogP contribution is -2.45. The summed E-state index contributed by atoms with van der Waals surface area (Å²) in [5.41, 5.74) is 0. The summed E-state index contributed by atoms with van der Waals surface area (Å²) < 4.78 is 0. The second-order valence-electron chi connectivity index (χ2n) is 4.80. The Morgan fingerprint density at radius 1 is 1.06 bits per heavy atom. The summed E-state index contributed by atoms with van der Waals surface area (Å²) in [5, 5.41) is 3.54. The number of nitrogens with zero attached hydrogens (tertiary/aromatic N) is 2. The molecule has 0 aromatic rings. The molecule has 0 aliphatic carbocycles. The number of piperazine rings is 1. The van der Waals surface area contributed by atoms with Gasteiger partial charge in [0.15, 0.2) is 0 Å². The van der Waals surface area contributed by atoms with Crippen LogP contribution in [0, 0.1) is 0 Å². The van der Waals surface area contributed by atoms with Gasteiger partial charge in [0, 0.05) is 26.2 Å². The van der Waals surface area contributed by atoms with Gasteiger partial charge in [-0.05, 0) is 51.0 Å². The fourth-order valence-corrected chi connectivity index (χ4v) is 2.70. The number of rotatable bonds is 9. The molecule has 0 bridgehead atoms. The van der Waals surface area contributed by atoms with E-state index in [1.54, 1.807) is 0 Å². The average molecular weight is 259 g/mol. The molecule has 1 aliphatic heterocycles. The van der Waals surface area contributed by atoms with Gasteiger partial charge in [0.05, 0.1) is 0 Å². The van der Waals surface area contributed by atoms with Crippen LogP contribution in [-0.2, 0) is 0 Å². The van der Waals surface area contributed by atoms with Crippen LogP contribution in [0.25, 0.3) is 0 Å². The van der Waals surface area contributed by atoms with Crippen molar-refractivity contribution in [2.45, 2.75) is 19.8 Å². The molecule has 1 rings (SSSR count). The summed E-state index contributed by atoms with van der Waals surface area (Å²) in [6.45, 7) is 10.9. The van der Waals surface area contributed by atoms with Crippen molar-refractivity contribution < 1.29 is 0 Å². The van der Waals surface area contributed by atoms with E-state index in [2.05, 4.69) is 29.1 Å². The topological polar surface area (TPSA) is 18.5 Å². The first-order chi connectivity index (χ1) is 8.33. The van der Waals surface area contributed by atoms with E-state index in [1.807, 2.05) is 11.8 Å². The van der Waals surface area contributed by atoms with E-state index >= 15 is 0 Å². The van der Waals surface area contributed by atoms with Crippen LogP contribution in [0.4, 0.5) is 0 Å². The number of likely N-dealkylation sites (N-methyl/N-ethyl adjacent to an activating group) is 1. The van der Waals surface area contributed by atoms with Crippen molar-refractivity contribution in [3.05, 3.63) is 0 Å². The molecule has 1 heterocycles. The maximum atomic E-state index is 3.54. The molecule has 1 fully saturated rings. The van der Waals surface area contributed by atoms with Gasteiger partial charge >= 0.3 is 0 Å². The minimum absolute atomic E-state index is 1.18. The molecule has 17 heavy (non-hydrogen) atoms. The first-order valence-corrected chi connectivity index (χ1v) is 8.17. The van der Waals surface area contributed by atoms with Gasteiger partial charge in [-0.2, -0.15) is 11.8 Å². The zero-order chi connectivity index (χ0) is 12.3. The molecule has 0 amide bonds. The maximum absolute atomic E-state index is 3.54. The average Bonchev–Trinajstić information content (AvgIpc) is 2.35. The molecule has 0 aromatic carbocycles. The molecule has 0 unspecified atom stereocenters. The van der Waals surface area contributed by atoms with Crippen LogP contribution in [0.5, 0.6) is 0 Å². The molecular formula is C13H29N3S. The number of thioether (sulfide) groups is 1. The molecule has 1 saturated heterocycles. The molecule has 0 radical (unpaired) electrons. The molecule has 0 atom stereocenters. The molecule has 1 aliphatic rings. The number of hydrogen-bond acceptors (Lipinski definition) is 4. The Kier molecular flexibility index (Phi) is 9.16. The Hall–Kier alpha value is 0.230. The minimum atomic E-state index is 1.18. The van der Waals surface area contributed by atoms with Crippen molar-refractivity contribution in [1.82, 2.24) is 15.1 Å². The zero-order valence-corrected chi connectivity index (χ0v) is 12.4. The van der Waals surface area contributed by atoms with Gasteiger partial charge in [-0.25, -0.2) is 0 Å². The smallest absolute Gasteiger partial charge is 0.0110 e. The summed E-state index contributed by atoms with van der Waals surface area (Å²) >= 11 is 2.04. The molecule has 3 nitrogen and oxygen atoms in total.